The first-order valence-electron chi connectivity index (χ1n) is 8.57. The van der Waals surface area contributed by atoms with E-state index in [4.69, 9.17) is 4.74 Å². The second kappa shape index (κ2) is 9.22. The average Bonchev–Trinajstić information content (AvgIpc) is 3.05. The van der Waals surface area contributed by atoms with Gasteiger partial charge in [-0.05, 0) is 48.8 Å². The van der Waals surface area contributed by atoms with Crippen LogP contribution in [-0.4, -0.2) is 36.1 Å². The Morgan fingerprint density at radius 3 is 2.69 bits per heavy atom. The summed E-state index contributed by atoms with van der Waals surface area (Å²) in [7, 11) is 2.17. The highest BCUT2D eigenvalue weighted by molar-refractivity contribution is 5.96. The molecule has 0 unspecified atom stereocenters. The molecular weight excluding hydrogens is 367 g/mol. The third-order valence-corrected chi connectivity index (χ3v) is 4.93. The molecule has 0 saturated carbocycles. The smallest absolute Gasteiger partial charge is 0.138 e. The first-order valence-corrected chi connectivity index (χ1v) is 8.57. The second-order valence-corrected chi connectivity index (χ2v) is 6.52. The Morgan fingerprint density at radius 2 is 1.88 bits per heavy atom. The third-order valence-electron chi connectivity index (χ3n) is 4.93. The van der Waals surface area contributed by atoms with E-state index >= 15 is 0 Å². The van der Waals surface area contributed by atoms with Gasteiger partial charge in [0.1, 0.15) is 12.4 Å². The van der Waals surface area contributed by atoms with Gasteiger partial charge in [0.2, 0.25) is 0 Å². The van der Waals surface area contributed by atoms with E-state index in [9.17, 15) is 0 Å². The number of pyridine rings is 1. The van der Waals surface area contributed by atoms with Gasteiger partial charge in [-0.15, -0.1) is 24.8 Å². The minimum absolute atomic E-state index is 0. The number of halogens is 2. The molecule has 1 aliphatic rings. The molecule has 1 saturated heterocycles. The van der Waals surface area contributed by atoms with Crippen molar-refractivity contribution in [3.05, 3.63) is 60.9 Å². The van der Waals surface area contributed by atoms with Crippen LogP contribution >= 0.6 is 24.8 Å². The van der Waals surface area contributed by atoms with Gasteiger partial charge < -0.3 is 9.64 Å². The Morgan fingerprint density at radius 1 is 1.08 bits per heavy atom. The van der Waals surface area contributed by atoms with Gasteiger partial charge in [0.05, 0.1) is 6.20 Å². The van der Waals surface area contributed by atoms with E-state index in [2.05, 4.69) is 65.5 Å². The van der Waals surface area contributed by atoms with Crippen molar-refractivity contribution in [3.63, 3.8) is 0 Å². The topological polar surface area (TPSA) is 25.4 Å². The lowest BCUT2D eigenvalue weighted by Crippen LogP contribution is -2.30. The molecule has 1 aliphatic heterocycles. The molecule has 3 nitrogen and oxygen atoms in total. The molecular formula is C21H24Cl2N2O. The van der Waals surface area contributed by atoms with Gasteiger partial charge in [0, 0.05) is 17.8 Å². The molecule has 2 aromatic carbocycles. The molecule has 0 radical (unpaired) electrons. The summed E-state index contributed by atoms with van der Waals surface area (Å²) in [6.45, 7) is 1.90. The lowest BCUT2D eigenvalue weighted by atomic mass is 9.99. The van der Waals surface area contributed by atoms with Crippen molar-refractivity contribution in [2.24, 2.45) is 0 Å². The van der Waals surface area contributed by atoms with Gasteiger partial charge in [-0.25, -0.2) is 0 Å². The molecule has 1 aromatic heterocycles. The van der Waals surface area contributed by atoms with Crippen LogP contribution in [0.5, 0.6) is 5.75 Å². The van der Waals surface area contributed by atoms with Crippen LogP contribution in [0.1, 0.15) is 12.8 Å². The summed E-state index contributed by atoms with van der Waals surface area (Å²) in [5, 5.41) is 2.49. The van der Waals surface area contributed by atoms with E-state index in [0.29, 0.717) is 6.04 Å². The summed E-state index contributed by atoms with van der Waals surface area (Å²) in [5.41, 5.74) is 2.30. The second-order valence-electron chi connectivity index (χ2n) is 6.52. The van der Waals surface area contributed by atoms with Gasteiger partial charge in [0.25, 0.3) is 0 Å². The molecule has 0 aliphatic carbocycles. The number of rotatable bonds is 4. The summed E-state index contributed by atoms with van der Waals surface area (Å²) < 4.78 is 6.03. The predicted octanol–water partition coefficient (Wildman–Crippen LogP) is 5.22. The molecule has 5 heteroatoms. The molecule has 3 aromatic rings. The monoisotopic (exact) mass is 390 g/mol. The molecule has 26 heavy (non-hydrogen) atoms. The number of likely N-dealkylation sites (N-methyl/N-ethyl adjacent to an activating group) is 1. The molecule has 0 N–H and O–H groups in total. The minimum atomic E-state index is 0. The Balaban J connectivity index is 0.00000121. The Hall–Kier alpha value is -1.81. The van der Waals surface area contributed by atoms with Crippen LogP contribution in [0.2, 0.25) is 0 Å². The Bertz CT molecular complexity index is 851. The van der Waals surface area contributed by atoms with Crippen molar-refractivity contribution in [2.45, 2.75) is 18.9 Å². The summed E-state index contributed by atoms with van der Waals surface area (Å²) in [6, 6.07) is 17.5. The van der Waals surface area contributed by atoms with Gasteiger partial charge in [-0.1, -0.05) is 42.5 Å². The zero-order valence-electron chi connectivity index (χ0n) is 14.8. The van der Waals surface area contributed by atoms with Crippen molar-refractivity contribution in [3.8, 4) is 16.9 Å². The molecule has 0 bridgehead atoms. The van der Waals surface area contributed by atoms with E-state index in [1.807, 2.05) is 12.4 Å². The molecule has 2 heterocycles. The van der Waals surface area contributed by atoms with Crippen molar-refractivity contribution in [1.82, 2.24) is 9.88 Å². The highest BCUT2D eigenvalue weighted by Crippen LogP contribution is 2.30. The SMILES string of the molecule is CN1CCC[C@H]1COc1cncc(-c2cccc3ccccc23)c1.Cl.Cl. The minimum Gasteiger partial charge on any atom is -0.490 e. The quantitative estimate of drug-likeness (QED) is 0.610. The number of hydrogen-bond acceptors (Lipinski definition) is 3. The molecule has 0 spiro atoms. The maximum Gasteiger partial charge on any atom is 0.138 e. The fourth-order valence-electron chi connectivity index (χ4n) is 3.50. The van der Waals surface area contributed by atoms with Crippen molar-refractivity contribution >= 4 is 35.6 Å². The normalized spacial score (nSPS) is 16.7. The fourth-order valence-corrected chi connectivity index (χ4v) is 3.50. The lowest BCUT2D eigenvalue weighted by molar-refractivity contribution is 0.198. The zero-order valence-corrected chi connectivity index (χ0v) is 16.4. The van der Waals surface area contributed by atoms with E-state index in [0.717, 1.165) is 17.9 Å². The standard InChI is InChI=1S/C21H22N2O.2ClH/c1-23-11-5-8-18(23)15-24-19-12-17(13-22-14-19)21-10-4-7-16-6-2-3-9-20(16)21;;/h2-4,6-7,9-10,12-14,18H,5,8,11,15H2,1H3;2*1H/t18-;;/m0../s1. The molecule has 138 valence electrons. The predicted molar refractivity (Wildman–Crippen MR) is 113 cm³/mol. The van der Waals surface area contributed by atoms with Crippen LogP contribution in [0.4, 0.5) is 0 Å². The number of nitrogens with zero attached hydrogens (tertiary/aromatic N) is 2. The highest BCUT2D eigenvalue weighted by Gasteiger charge is 2.21. The van der Waals surface area contributed by atoms with Crippen molar-refractivity contribution < 1.29 is 4.74 Å². The van der Waals surface area contributed by atoms with Gasteiger partial charge >= 0.3 is 0 Å². The van der Waals surface area contributed by atoms with Crippen molar-refractivity contribution in [2.75, 3.05) is 20.2 Å². The summed E-state index contributed by atoms with van der Waals surface area (Å²) >= 11 is 0. The number of hydrogen-bond donors (Lipinski definition) is 0. The van der Waals surface area contributed by atoms with Crippen LogP contribution in [-0.2, 0) is 0 Å². The maximum atomic E-state index is 6.03. The van der Waals surface area contributed by atoms with Crippen LogP contribution in [0.15, 0.2) is 60.9 Å². The van der Waals surface area contributed by atoms with Crippen molar-refractivity contribution in [1.29, 1.82) is 0 Å². The van der Waals surface area contributed by atoms with E-state index in [-0.39, 0.29) is 24.8 Å². The zero-order chi connectivity index (χ0) is 16.4. The van der Waals surface area contributed by atoms with Gasteiger partial charge in [0.15, 0.2) is 0 Å². The third kappa shape index (κ3) is 4.29. The maximum absolute atomic E-state index is 6.03. The largest absolute Gasteiger partial charge is 0.490 e. The average molecular weight is 391 g/mol. The number of ether oxygens (including phenoxy) is 1. The number of aromatic nitrogens is 1. The van der Waals surface area contributed by atoms with E-state index < -0.39 is 0 Å². The number of benzene rings is 2. The Kier molecular flexibility index (Phi) is 7.27. The summed E-state index contributed by atoms with van der Waals surface area (Å²) in [5.74, 6) is 0.848. The number of likely N-dealkylation sites (tertiary alicyclic amines) is 1. The summed E-state index contributed by atoms with van der Waals surface area (Å²) in [4.78, 5) is 6.77. The van der Waals surface area contributed by atoms with Crippen LogP contribution in [0, 0.1) is 0 Å². The van der Waals surface area contributed by atoms with E-state index in [1.165, 1.54) is 35.7 Å². The van der Waals surface area contributed by atoms with E-state index in [1.54, 1.807) is 0 Å². The first kappa shape index (κ1) is 20.5. The fraction of sp³-hybridized carbons (Fsp3) is 0.286. The molecule has 0 amide bonds. The molecule has 1 fully saturated rings. The number of fused-ring (bicyclic) bond motifs is 1. The van der Waals surface area contributed by atoms with Gasteiger partial charge in [-0.2, -0.15) is 0 Å². The Labute approximate surface area is 167 Å². The van der Waals surface area contributed by atoms with Gasteiger partial charge in [-0.3, -0.25) is 4.98 Å². The van der Waals surface area contributed by atoms with Crippen LogP contribution in [0.25, 0.3) is 21.9 Å². The first-order chi connectivity index (χ1) is 11.8. The molecule has 1 atom stereocenters. The summed E-state index contributed by atoms with van der Waals surface area (Å²) in [6.07, 6.45) is 6.20. The van der Waals surface area contributed by atoms with Crippen LogP contribution < -0.4 is 4.74 Å². The lowest BCUT2D eigenvalue weighted by Gasteiger charge is -2.19. The van der Waals surface area contributed by atoms with Crippen LogP contribution in [0.3, 0.4) is 0 Å². The molecule has 4 rings (SSSR count). The highest BCUT2D eigenvalue weighted by atomic mass is 35.5.